The molecular formula is C27H19FN2O2S. The van der Waals surface area contributed by atoms with E-state index in [-0.39, 0.29) is 4.90 Å². The van der Waals surface area contributed by atoms with Crippen LogP contribution >= 0.6 is 0 Å². The van der Waals surface area contributed by atoms with Gasteiger partial charge in [0.25, 0.3) is 10.0 Å². The number of aliphatic imine (C=N–C) groups is 1. The summed E-state index contributed by atoms with van der Waals surface area (Å²) in [5.41, 5.74) is 1.94. The Morgan fingerprint density at radius 1 is 0.727 bits per heavy atom. The zero-order valence-electron chi connectivity index (χ0n) is 17.4. The number of hydrogen-bond donors (Lipinski definition) is 1. The summed E-state index contributed by atoms with van der Waals surface area (Å²) in [4.78, 5) is 4.71. The summed E-state index contributed by atoms with van der Waals surface area (Å²) in [5, 5.41) is 4.46. The van der Waals surface area contributed by atoms with Crippen molar-refractivity contribution in [1.29, 1.82) is 0 Å². The largest absolute Gasteiger partial charge is 0.280 e. The lowest BCUT2D eigenvalue weighted by molar-refractivity contribution is 0.601. The maximum atomic E-state index is 13.1. The number of benzene rings is 5. The Labute approximate surface area is 191 Å². The maximum absolute atomic E-state index is 13.1. The van der Waals surface area contributed by atoms with Gasteiger partial charge < -0.3 is 0 Å². The second kappa shape index (κ2) is 8.48. The van der Waals surface area contributed by atoms with E-state index in [1.165, 1.54) is 36.4 Å². The normalized spacial score (nSPS) is 11.9. The number of hydrogen-bond acceptors (Lipinski definition) is 3. The third kappa shape index (κ3) is 4.33. The molecule has 1 N–H and O–H groups in total. The van der Waals surface area contributed by atoms with Gasteiger partial charge in [0.2, 0.25) is 0 Å². The van der Waals surface area contributed by atoms with Crippen LogP contribution in [0.1, 0.15) is 5.56 Å². The average molecular weight is 455 g/mol. The molecule has 4 nitrogen and oxygen atoms in total. The van der Waals surface area contributed by atoms with Crippen molar-refractivity contribution in [3.8, 4) is 0 Å². The van der Waals surface area contributed by atoms with Crippen molar-refractivity contribution in [3.05, 3.63) is 115 Å². The standard InChI is InChI=1S/C27H19FN2O2S/c28-21-9-11-23(12-10-21)30-33(31,32)24-15-13-22(14-16-24)29-18-27-25-7-3-1-5-19(25)17-20-6-2-4-8-26(20)27/h1-18,30H. The zero-order chi connectivity index (χ0) is 22.8. The highest BCUT2D eigenvalue weighted by atomic mass is 32.2. The SMILES string of the molecule is O=S(=O)(Nc1ccc(F)cc1)c1ccc(N=Cc2c3ccccc3cc3ccccc23)cc1. The molecule has 33 heavy (non-hydrogen) atoms. The monoisotopic (exact) mass is 454 g/mol. The first-order valence-electron chi connectivity index (χ1n) is 10.3. The minimum atomic E-state index is -3.79. The first-order chi connectivity index (χ1) is 16.0. The molecule has 0 aliphatic heterocycles. The zero-order valence-corrected chi connectivity index (χ0v) is 18.3. The topological polar surface area (TPSA) is 58.5 Å². The highest BCUT2D eigenvalue weighted by Crippen LogP contribution is 2.28. The van der Waals surface area contributed by atoms with Gasteiger partial charge in [0.05, 0.1) is 10.6 Å². The van der Waals surface area contributed by atoms with Crippen molar-refractivity contribution in [2.75, 3.05) is 4.72 Å². The summed E-state index contributed by atoms with van der Waals surface area (Å²) in [6, 6.07) is 29.9. The van der Waals surface area contributed by atoms with E-state index in [0.29, 0.717) is 11.4 Å². The predicted molar refractivity (Wildman–Crippen MR) is 132 cm³/mol. The number of halogens is 1. The van der Waals surface area contributed by atoms with Crippen molar-refractivity contribution in [2.45, 2.75) is 4.90 Å². The molecule has 0 aromatic heterocycles. The fraction of sp³-hybridized carbons (Fsp3) is 0. The van der Waals surface area contributed by atoms with Gasteiger partial charge in [0.1, 0.15) is 5.82 Å². The number of nitrogens with one attached hydrogen (secondary N) is 1. The Kier molecular flexibility index (Phi) is 5.36. The van der Waals surface area contributed by atoms with Crippen LogP contribution in [0.2, 0.25) is 0 Å². The number of sulfonamides is 1. The van der Waals surface area contributed by atoms with Gasteiger partial charge in [0.15, 0.2) is 0 Å². The van der Waals surface area contributed by atoms with Gasteiger partial charge in [-0.25, -0.2) is 12.8 Å². The minimum Gasteiger partial charge on any atom is -0.280 e. The first-order valence-corrected chi connectivity index (χ1v) is 11.8. The lowest BCUT2D eigenvalue weighted by atomic mass is 9.97. The van der Waals surface area contributed by atoms with E-state index in [4.69, 9.17) is 0 Å². The number of rotatable bonds is 5. The molecule has 0 aliphatic rings. The van der Waals surface area contributed by atoms with Crippen LogP contribution < -0.4 is 4.72 Å². The number of nitrogens with zero attached hydrogens (tertiary/aromatic N) is 1. The van der Waals surface area contributed by atoms with Crippen LogP contribution in [0.25, 0.3) is 21.5 Å². The molecule has 5 aromatic carbocycles. The Hall–Kier alpha value is -4.03. The summed E-state index contributed by atoms with van der Waals surface area (Å²) in [6.45, 7) is 0. The van der Waals surface area contributed by atoms with E-state index in [0.717, 1.165) is 27.1 Å². The molecule has 0 bridgehead atoms. The summed E-state index contributed by atoms with van der Waals surface area (Å²) >= 11 is 0. The molecule has 0 heterocycles. The molecule has 0 fully saturated rings. The first kappa shape index (κ1) is 20.8. The highest BCUT2D eigenvalue weighted by Gasteiger charge is 2.14. The van der Waals surface area contributed by atoms with Crippen LogP contribution in [0.5, 0.6) is 0 Å². The van der Waals surface area contributed by atoms with E-state index in [1.807, 2.05) is 30.5 Å². The highest BCUT2D eigenvalue weighted by molar-refractivity contribution is 7.92. The van der Waals surface area contributed by atoms with Gasteiger partial charge in [-0.2, -0.15) is 0 Å². The molecule has 5 aromatic rings. The van der Waals surface area contributed by atoms with Crippen LogP contribution in [-0.4, -0.2) is 14.6 Å². The van der Waals surface area contributed by atoms with Gasteiger partial charge in [-0.1, -0.05) is 48.5 Å². The van der Waals surface area contributed by atoms with E-state index < -0.39 is 15.8 Å². The molecule has 0 saturated heterocycles. The van der Waals surface area contributed by atoms with E-state index in [9.17, 15) is 12.8 Å². The lowest BCUT2D eigenvalue weighted by Crippen LogP contribution is -2.12. The van der Waals surface area contributed by atoms with Crippen molar-refractivity contribution >= 4 is 49.2 Å². The summed E-state index contributed by atoms with van der Waals surface area (Å²) in [6.07, 6.45) is 1.82. The van der Waals surface area contributed by atoms with Crippen LogP contribution in [0.3, 0.4) is 0 Å². The molecule has 5 rings (SSSR count). The summed E-state index contributed by atoms with van der Waals surface area (Å²) in [5.74, 6) is -0.431. The second-order valence-electron chi connectivity index (χ2n) is 7.60. The van der Waals surface area contributed by atoms with Crippen molar-refractivity contribution in [3.63, 3.8) is 0 Å². The fourth-order valence-electron chi connectivity index (χ4n) is 3.77. The van der Waals surface area contributed by atoms with Gasteiger partial charge in [-0.3, -0.25) is 9.71 Å². The second-order valence-corrected chi connectivity index (χ2v) is 9.28. The molecule has 162 valence electrons. The van der Waals surface area contributed by atoms with Crippen molar-refractivity contribution in [1.82, 2.24) is 0 Å². The molecule has 0 spiro atoms. The Morgan fingerprint density at radius 2 is 1.30 bits per heavy atom. The van der Waals surface area contributed by atoms with Crippen LogP contribution in [0.15, 0.2) is 113 Å². The van der Waals surface area contributed by atoms with E-state index >= 15 is 0 Å². The average Bonchev–Trinajstić information content (AvgIpc) is 2.83. The van der Waals surface area contributed by atoms with Gasteiger partial charge >= 0.3 is 0 Å². The molecule has 0 aliphatic carbocycles. The molecule has 0 amide bonds. The molecule has 0 radical (unpaired) electrons. The maximum Gasteiger partial charge on any atom is 0.261 e. The third-order valence-corrected chi connectivity index (χ3v) is 6.80. The molecule has 0 saturated carbocycles. The van der Waals surface area contributed by atoms with Gasteiger partial charge in [0, 0.05) is 17.5 Å². The van der Waals surface area contributed by atoms with Crippen molar-refractivity contribution in [2.24, 2.45) is 4.99 Å². The van der Waals surface area contributed by atoms with E-state index in [1.54, 1.807) is 12.1 Å². The number of anilines is 1. The third-order valence-electron chi connectivity index (χ3n) is 5.40. The lowest BCUT2D eigenvalue weighted by Gasteiger charge is -2.09. The van der Waals surface area contributed by atoms with Crippen LogP contribution in [-0.2, 0) is 10.0 Å². The summed E-state index contributed by atoms with van der Waals surface area (Å²) in [7, 11) is -3.79. The Balaban J connectivity index is 1.45. The Morgan fingerprint density at radius 3 is 1.91 bits per heavy atom. The molecule has 0 atom stereocenters. The van der Waals surface area contributed by atoms with E-state index in [2.05, 4.69) is 40.0 Å². The molecular weight excluding hydrogens is 435 g/mol. The van der Waals surface area contributed by atoms with Crippen molar-refractivity contribution < 1.29 is 12.8 Å². The number of fused-ring (bicyclic) bond motifs is 2. The minimum absolute atomic E-state index is 0.0985. The molecule has 6 heteroatoms. The predicted octanol–water partition coefficient (Wildman–Crippen LogP) is 6.68. The Bertz CT molecular complexity index is 1540. The smallest absolute Gasteiger partial charge is 0.261 e. The van der Waals surface area contributed by atoms with Crippen LogP contribution in [0, 0.1) is 5.82 Å². The fourth-order valence-corrected chi connectivity index (χ4v) is 4.83. The molecule has 0 unspecified atom stereocenters. The van der Waals surface area contributed by atoms with Crippen LogP contribution in [0.4, 0.5) is 15.8 Å². The quantitative estimate of drug-likeness (QED) is 0.238. The van der Waals surface area contributed by atoms with Gasteiger partial charge in [-0.15, -0.1) is 0 Å². The van der Waals surface area contributed by atoms with Gasteiger partial charge in [-0.05, 0) is 76.1 Å². The summed E-state index contributed by atoms with van der Waals surface area (Å²) < 4.78 is 40.8.